The molecule has 3 N–H and O–H groups in total. The maximum absolute atomic E-state index is 13.5. The number of ether oxygens (including phenoxy) is 4. The summed E-state index contributed by atoms with van der Waals surface area (Å²) < 4.78 is 22.8. The van der Waals surface area contributed by atoms with E-state index in [1.807, 2.05) is 41.5 Å². The number of anilines is 2. The van der Waals surface area contributed by atoms with Crippen LogP contribution in [0.4, 0.5) is 11.4 Å². The van der Waals surface area contributed by atoms with Gasteiger partial charge in [-0.25, -0.2) is 0 Å². The van der Waals surface area contributed by atoms with Gasteiger partial charge in [0.15, 0.2) is 0 Å². The van der Waals surface area contributed by atoms with Crippen molar-refractivity contribution < 1.29 is 38.1 Å². The van der Waals surface area contributed by atoms with Crippen molar-refractivity contribution in [2.45, 2.75) is 73.5 Å². The number of hydrogen-bond acceptors (Lipinski definition) is 8. The van der Waals surface area contributed by atoms with Gasteiger partial charge >= 0.3 is 5.97 Å². The molecule has 0 bridgehead atoms. The van der Waals surface area contributed by atoms with Crippen molar-refractivity contribution >= 4 is 35.1 Å². The smallest absolute Gasteiger partial charge is 0.312 e. The highest BCUT2D eigenvalue weighted by Gasteiger charge is 2.26. The molecule has 0 radical (unpaired) electrons. The van der Waals surface area contributed by atoms with Crippen LogP contribution in [0.5, 0.6) is 11.5 Å². The summed E-state index contributed by atoms with van der Waals surface area (Å²) in [4.78, 5) is 50.6. The van der Waals surface area contributed by atoms with Crippen molar-refractivity contribution in [1.29, 1.82) is 0 Å². The first-order valence-electron chi connectivity index (χ1n) is 15.5. The molecule has 1 aliphatic carbocycles. The molecule has 11 nitrogen and oxygen atoms in total. The molecule has 46 heavy (non-hydrogen) atoms. The number of carbonyl (C=O) groups excluding carboxylic acids is 4. The van der Waals surface area contributed by atoms with E-state index >= 15 is 0 Å². The molecule has 11 heteroatoms. The van der Waals surface area contributed by atoms with Gasteiger partial charge in [0.25, 0.3) is 11.8 Å². The molecule has 3 amide bonds. The molecule has 0 aromatic heterocycles. The van der Waals surface area contributed by atoms with E-state index in [0.717, 1.165) is 6.42 Å². The molecule has 2 aromatic carbocycles. The van der Waals surface area contributed by atoms with E-state index in [1.54, 1.807) is 48.6 Å². The van der Waals surface area contributed by atoms with Gasteiger partial charge in [0.05, 0.1) is 48.9 Å². The Labute approximate surface area is 270 Å². The normalized spacial score (nSPS) is 14.9. The quantitative estimate of drug-likeness (QED) is 0.208. The van der Waals surface area contributed by atoms with Crippen LogP contribution in [0.3, 0.4) is 0 Å². The second-order valence-corrected chi connectivity index (χ2v) is 11.7. The summed E-state index contributed by atoms with van der Waals surface area (Å²) in [6, 6.07) is 9.51. The average Bonchev–Trinajstić information content (AvgIpc) is 3.00. The Morgan fingerprint density at radius 3 is 2.02 bits per heavy atom. The van der Waals surface area contributed by atoms with Crippen LogP contribution in [0.1, 0.15) is 82.0 Å². The average molecular weight is 636 g/mol. The molecule has 0 heterocycles. The monoisotopic (exact) mass is 635 g/mol. The van der Waals surface area contributed by atoms with E-state index < -0.39 is 17.7 Å². The molecule has 0 fully saturated rings. The Balaban J connectivity index is 1.87. The van der Waals surface area contributed by atoms with Crippen LogP contribution in [-0.4, -0.2) is 49.6 Å². The highest BCUT2D eigenvalue weighted by Crippen LogP contribution is 2.31. The Morgan fingerprint density at radius 2 is 1.46 bits per heavy atom. The van der Waals surface area contributed by atoms with Gasteiger partial charge < -0.3 is 34.9 Å². The van der Waals surface area contributed by atoms with E-state index in [9.17, 15) is 19.2 Å². The second-order valence-electron chi connectivity index (χ2n) is 11.7. The number of hydrogen-bond donors (Lipinski definition) is 3. The number of nitrogens with one attached hydrogen (secondary N) is 3. The van der Waals surface area contributed by atoms with Crippen LogP contribution < -0.4 is 25.4 Å². The number of carbonyl (C=O) groups is 4. The molecule has 2 aromatic rings. The van der Waals surface area contributed by atoms with Crippen molar-refractivity contribution in [2.75, 3.05) is 24.4 Å². The summed E-state index contributed by atoms with van der Waals surface area (Å²) in [5.74, 6) is -0.755. The molecular formula is C35H45N3O8. The summed E-state index contributed by atoms with van der Waals surface area (Å²) in [7, 11) is 1.33. The number of amides is 3. The van der Waals surface area contributed by atoms with Gasteiger partial charge in [0.1, 0.15) is 17.3 Å². The zero-order valence-electron chi connectivity index (χ0n) is 27.8. The summed E-state index contributed by atoms with van der Waals surface area (Å²) >= 11 is 0. The molecule has 0 saturated carbocycles. The third-order valence-corrected chi connectivity index (χ3v) is 6.83. The molecule has 1 aliphatic rings. The lowest BCUT2D eigenvalue weighted by atomic mass is 9.98. The molecule has 0 spiro atoms. The minimum absolute atomic E-state index is 0.142. The number of esters is 1. The van der Waals surface area contributed by atoms with Gasteiger partial charge in [0, 0.05) is 18.1 Å². The Kier molecular flexibility index (Phi) is 12.8. The fraction of sp³-hybridized carbons (Fsp3) is 0.429. The molecule has 248 valence electrons. The molecule has 2 atom stereocenters. The number of rotatable bonds is 14. The van der Waals surface area contributed by atoms with E-state index in [0.29, 0.717) is 58.5 Å². The first kappa shape index (κ1) is 35.7. The van der Waals surface area contributed by atoms with Crippen LogP contribution in [0.15, 0.2) is 60.0 Å². The van der Waals surface area contributed by atoms with Crippen molar-refractivity contribution in [3.8, 4) is 11.5 Å². The molecule has 3 rings (SSSR count). The fourth-order valence-electron chi connectivity index (χ4n) is 4.36. The lowest BCUT2D eigenvalue weighted by Gasteiger charge is -2.24. The number of methoxy groups -OCH3 is 1. The predicted octanol–water partition coefficient (Wildman–Crippen LogP) is 6.22. The van der Waals surface area contributed by atoms with Gasteiger partial charge in [0.2, 0.25) is 5.91 Å². The van der Waals surface area contributed by atoms with Crippen LogP contribution >= 0.6 is 0 Å². The maximum atomic E-state index is 13.5. The topological polar surface area (TPSA) is 141 Å². The highest BCUT2D eigenvalue weighted by atomic mass is 16.5. The van der Waals surface area contributed by atoms with Crippen molar-refractivity contribution in [3.63, 3.8) is 0 Å². The number of allylic oxidation sites excluding steroid dienone is 1. The molecular weight excluding hydrogens is 590 g/mol. The standard InChI is InChI=1S/C35H45N3O8/c1-9-22(6)46-32-18-26(35(42)43-8)12-15-29(32)38-33(40)24-10-13-27(30(16-24)44-19-20(2)3)37-34(41)25-11-14-28(36-23(7)39)31(17-25)45-21(4)5/h10-11,13-18,20-22,26H,9,12,19H2,1-8H3,(H,36,39)(H,37,41)(H,38,40). The summed E-state index contributed by atoms with van der Waals surface area (Å²) in [6.07, 6.45) is 4.17. The first-order valence-corrected chi connectivity index (χ1v) is 15.5. The Hall–Kier alpha value is -4.80. The van der Waals surface area contributed by atoms with E-state index in [1.165, 1.54) is 14.0 Å². The maximum Gasteiger partial charge on any atom is 0.312 e. The van der Waals surface area contributed by atoms with Gasteiger partial charge in [-0.3, -0.25) is 19.2 Å². The molecule has 2 unspecified atom stereocenters. The van der Waals surface area contributed by atoms with Crippen molar-refractivity contribution in [2.24, 2.45) is 11.8 Å². The predicted molar refractivity (Wildman–Crippen MR) is 176 cm³/mol. The zero-order valence-corrected chi connectivity index (χ0v) is 27.8. The van der Waals surface area contributed by atoms with Crippen LogP contribution in [0, 0.1) is 11.8 Å². The minimum Gasteiger partial charge on any atom is -0.491 e. The van der Waals surface area contributed by atoms with Gasteiger partial charge in [-0.1, -0.05) is 26.8 Å². The van der Waals surface area contributed by atoms with E-state index in [-0.39, 0.29) is 30.0 Å². The summed E-state index contributed by atoms with van der Waals surface area (Å²) in [5, 5.41) is 8.49. The fourth-order valence-corrected chi connectivity index (χ4v) is 4.36. The number of benzene rings is 2. The largest absolute Gasteiger partial charge is 0.491 e. The Morgan fingerprint density at radius 1 is 0.848 bits per heavy atom. The minimum atomic E-state index is -0.516. The summed E-state index contributed by atoms with van der Waals surface area (Å²) in [6.45, 7) is 13.3. The third kappa shape index (κ3) is 10.1. The zero-order chi connectivity index (χ0) is 34.0. The first-order chi connectivity index (χ1) is 21.8. The Bertz CT molecular complexity index is 1490. The summed E-state index contributed by atoms with van der Waals surface area (Å²) in [5.41, 5.74) is 1.88. The SMILES string of the molecule is CCC(C)OC1=CC(C(=O)OC)CC=C1NC(=O)c1ccc(NC(=O)c2ccc(NC(C)=O)c(OC(C)C)c2)c(OCC(C)C)c1. The van der Waals surface area contributed by atoms with Gasteiger partial charge in [-0.15, -0.1) is 0 Å². The van der Waals surface area contributed by atoms with Crippen LogP contribution in [0.25, 0.3) is 0 Å². The van der Waals surface area contributed by atoms with E-state index in [2.05, 4.69) is 16.0 Å². The lowest BCUT2D eigenvalue weighted by Crippen LogP contribution is -2.29. The van der Waals surface area contributed by atoms with Crippen molar-refractivity contribution in [3.05, 3.63) is 71.1 Å². The van der Waals surface area contributed by atoms with Crippen LogP contribution in [0.2, 0.25) is 0 Å². The lowest BCUT2D eigenvalue weighted by molar-refractivity contribution is -0.143. The van der Waals surface area contributed by atoms with Crippen molar-refractivity contribution in [1.82, 2.24) is 5.32 Å². The third-order valence-electron chi connectivity index (χ3n) is 6.83. The molecule has 0 saturated heterocycles. The van der Waals surface area contributed by atoms with Gasteiger partial charge in [-0.2, -0.15) is 0 Å². The molecule has 0 aliphatic heterocycles. The highest BCUT2D eigenvalue weighted by molar-refractivity contribution is 6.06. The second kappa shape index (κ2) is 16.5. The van der Waals surface area contributed by atoms with E-state index in [4.69, 9.17) is 18.9 Å². The van der Waals surface area contributed by atoms with Gasteiger partial charge in [-0.05, 0) is 82.0 Å². The van der Waals surface area contributed by atoms with Crippen LogP contribution in [-0.2, 0) is 19.1 Å².